The van der Waals surface area contributed by atoms with Crippen molar-refractivity contribution in [3.05, 3.63) is 35.9 Å². The number of hydrogen-bond acceptors (Lipinski definition) is 2. The summed E-state index contributed by atoms with van der Waals surface area (Å²) in [5.41, 5.74) is 6.84. The van der Waals surface area contributed by atoms with Crippen LogP contribution in [0.15, 0.2) is 30.3 Å². The summed E-state index contributed by atoms with van der Waals surface area (Å²) >= 11 is 0. The van der Waals surface area contributed by atoms with E-state index in [4.69, 9.17) is 5.73 Å². The van der Waals surface area contributed by atoms with E-state index < -0.39 is 0 Å². The van der Waals surface area contributed by atoms with Crippen molar-refractivity contribution in [3.8, 4) is 0 Å². The van der Waals surface area contributed by atoms with E-state index in [-0.39, 0.29) is 30.3 Å². The molecule has 4 heteroatoms. The summed E-state index contributed by atoms with van der Waals surface area (Å²) in [6, 6.07) is 10.6. The standard InChI is InChI=1S/C16H24N2O.ClH/c17-12-15(19)18-13-16(10-6-1-2-7-11-16)14-8-4-3-5-9-14;/h3-5,8-9H,1-2,6-7,10-13,17H2,(H,18,19);1H. The number of carbonyl (C=O) groups is 1. The van der Waals surface area contributed by atoms with Gasteiger partial charge in [-0.1, -0.05) is 56.0 Å². The van der Waals surface area contributed by atoms with Crippen molar-refractivity contribution in [2.45, 2.75) is 43.9 Å². The zero-order valence-electron chi connectivity index (χ0n) is 11.9. The van der Waals surface area contributed by atoms with Crippen molar-refractivity contribution >= 4 is 18.3 Å². The van der Waals surface area contributed by atoms with Crippen molar-refractivity contribution in [1.82, 2.24) is 5.32 Å². The number of halogens is 1. The Kier molecular flexibility index (Phi) is 7.03. The summed E-state index contributed by atoms with van der Waals surface area (Å²) in [6.45, 7) is 0.790. The second kappa shape index (κ2) is 8.28. The van der Waals surface area contributed by atoms with E-state index in [9.17, 15) is 4.79 Å². The highest BCUT2D eigenvalue weighted by molar-refractivity contribution is 5.85. The fourth-order valence-electron chi connectivity index (χ4n) is 3.10. The molecule has 1 saturated carbocycles. The maximum absolute atomic E-state index is 11.5. The van der Waals surface area contributed by atoms with Gasteiger partial charge in [-0.25, -0.2) is 0 Å². The van der Waals surface area contributed by atoms with Crippen molar-refractivity contribution in [3.63, 3.8) is 0 Å². The summed E-state index contributed by atoms with van der Waals surface area (Å²) in [6.07, 6.45) is 7.41. The van der Waals surface area contributed by atoms with Gasteiger partial charge in [0.15, 0.2) is 0 Å². The van der Waals surface area contributed by atoms with Crippen LogP contribution in [0, 0.1) is 0 Å². The van der Waals surface area contributed by atoms with Crippen molar-refractivity contribution < 1.29 is 4.79 Å². The lowest BCUT2D eigenvalue weighted by Gasteiger charge is -2.33. The minimum atomic E-state index is -0.0560. The second-order valence-electron chi connectivity index (χ2n) is 5.54. The van der Waals surface area contributed by atoms with Gasteiger partial charge in [0.2, 0.25) is 5.91 Å². The van der Waals surface area contributed by atoms with Crippen LogP contribution in [0.2, 0.25) is 0 Å². The summed E-state index contributed by atoms with van der Waals surface area (Å²) in [7, 11) is 0. The van der Waals surface area contributed by atoms with Crippen LogP contribution in [-0.4, -0.2) is 19.0 Å². The van der Waals surface area contributed by atoms with Gasteiger partial charge in [-0.2, -0.15) is 0 Å². The molecule has 0 bridgehead atoms. The molecule has 0 atom stereocenters. The van der Waals surface area contributed by atoms with E-state index in [1.807, 2.05) is 6.07 Å². The molecule has 3 N–H and O–H groups in total. The van der Waals surface area contributed by atoms with Gasteiger partial charge in [-0.15, -0.1) is 12.4 Å². The van der Waals surface area contributed by atoms with Crippen molar-refractivity contribution in [1.29, 1.82) is 0 Å². The molecule has 1 aromatic rings. The van der Waals surface area contributed by atoms with Gasteiger partial charge in [-0.3, -0.25) is 4.79 Å². The molecule has 1 amide bonds. The molecule has 3 nitrogen and oxygen atoms in total. The Morgan fingerprint density at radius 2 is 1.70 bits per heavy atom. The lowest BCUT2D eigenvalue weighted by atomic mass is 9.74. The predicted molar refractivity (Wildman–Crippen MR) is 85.1 cm³/mol. The third-order valence-electron chi connectivity index (χ3n) is 4.26. The molecule has 0 aromatic heterocycles. The van der Waals surface area contributed by atoms with Crippen LogP contribution in [0.25, 0.3) is 0 Å². The number of benzene rings is 1. The average Bonchev–Trinajstić information content (AvgIpc) is 2.72. The maximum atomic E-state index is 11.5. The lowest BCUT2D eigenvalue weighted by Crippen LogP contribution is -2.42. The lowest BCUT2D eigenvalue weighted by molar-refractivity contribution is -0.120. The number of carbonyl (C=O) groups excluding carboxylic acids is 1. The zero-order chi connectivity index (χ0) is 13.6. The highest BCUT2D eigenvalue weighted by atomic mass is 35.5. The van der Waals surface area contributed by atoms with E-state index in [2.05, 4.69) is 29.6 Å². The quantitative estimate of drug-likeness (QED) is 0.840. The third kappa shape index (κ3) is 4.22. The number of amides is 1. The van der Waals surface area contributed by atoms with Gasteiger partial charge in [0.1, 0.15) is 0 Å². The minimum Gasteiger partial charge on any atom is -0.354 e. The maximum Gasteiger partial charge on any atom is 0.233 e. The van der Waals surface area contributed by atoms with Crippen LogP contribution in [0.3, 0.4) is 0 Å². The second-order valence-corrected chi connectivity index (χ2v) is 5.54. The van der Waals surface area contributed by atoms with Crippen molar-refractivity contribution in [2.75, 3.05) is 13.1 Å². The van der Waals surface area contributed by atoms with Gasteiger partial charge in [0.05, 0.1) is 6.54 Å². The Hall–Kier alpha value is -1.06. The Morgan fingerprint density at radius 3 is 2.25 bits per heavy atom. The van der Waals surface area contributed by atoms with Crippen LogP contribution < -0.4 is 11.1 Å². The van der Waals surface area contributed by atoms with Crippen molar-refractivity contribution in [2.24, 2.45) is 5.73 Å². The Bertz CT molecular complexity index is 400. The summed E-state index contributed by atoms with van der Waals surface area (Å²) in [5, 5.41) is 3.01. The molecule has 112 valence electrons. The molecule has 2 rings (SSSR count). The molecule has 1 fully saturated rings. The topological polar surface area (TPSA) is 55.1 Å². The van der Waals surface area contributed by atoms with Gasteiger partial charge in [-0.05, 0) is 18.4 Å². The van der Waals surface area contributed by atoms with E-state index >= 15 is 0 Å². The number of nitrogens with one attached hydrogen (secondary N) is 1. The smallest absolute Gasteiger partial charge is 0.233 e. The highest BCUT2D eigenvalue weighted by Gasteiger charge is 2.32. The number of hydrogen-bond donors (Lipinski definition) is 2. The fourth-order valence-corrected chi connectivity index (χ4v) is 3.10. The average molecular weight is 297 g/mol. The molecule has 0 radical (unpaired) electrons. The zero-order valence-corrected chi connectivity index (χ0v) is 12.8. The van der Waals surface area contributed by atoms with Crippen LogP contribution in [0.4, 0.5) is 0 Å². The van der Waals surface area contributed by atoms with E-state index in [1.54, 1.807) is 0 Å². The monoisotopic (exact) mass is 296 g/mol. The molecule has 1 aliphatic carbocycles. The third-order valence-corrected chi connectivity index (χ3v) is 4.26. The van der Waals surface area contributed by atoms with E-state index in [0.717, 1.165) is 12.8 Å². The Labute approximate surface area is 127 Å². The molecule has 0 unspecified atom stereocenters. The highest BCUT2D eigenvalue weighted by Crippen LogP contribution is 2.37. The molecule has 1 aliphatic rings. The summed E-state index contributed by atoms with van der Waals surface area (Å²) in [4.78, 5) is 11.5. The van der Waals surface area contributed by atoms with Gasteiger partial charge in [0, 0.05) is 12.0 Å². The summed E-state index contributed by atoms with van der Waals surface area (Å²) in [5.74, 6) is -0.0560. The first-order valence-electron chi connectivity index (χ1n) is 7.29. The van der Waals surface area contributed by atoms with Gasteiger partial charge in [0.25, 0.3) is 0 Å². The van der Waals surface area contributed by atoms with Gasteiger partial charge >= 0.3 is 0 Å². The van der Waals surface area contributed by atoms with Crippen LogP contribution in [0.5, 0.6) is 0 Å². The molecule has 0 spiro atoms. The molecular weight excluding hydrogens is 272 g/mol. The first-order valence-corrected chi connectivity index (χ1v) is 7.29. The molecule has 0 heterocycles. The molecule has 0 saturated heterocycles. The van der Waals surface area contributed by atoms with Crippen LogP contribution in [0.1, 0.15) is 44.1 Å². The summed E-state index contributed by atoms with van der Waals surface area (Å²) < 4.78 is 0. The van der Waals surface area contributed by atoms with Crippen LogP contribution in [-0.2, 0) is 10.2 Å². The number of nitrogens with two attached hydrogens (primary N) is 1. The molecule has 1 aromatic carbocycles. The molecular formula is C16H25ClN2O. The van der Waals surface area contributed by atoms with Crippen LogP contribution >= 0.6 is 12.4 Å². The fraction of sp³-hybridized carbons (Fsp3) is 0.562. The molecule has 20 heavy (non-hydrogen) atoms. The first kappa shape index (κ1) is 17.0. The SMILES string of the molecule is Cl.NCC(=O)NCC1(c2ccccc2)CCCCCC1. The Balaban J connectivity index is 0.00000200. The normalized spacial score (nSPS) is 17.6. The molecule has 0 aliphatic heterocycles. The van der Waals surface area contributed by atoms with E-state index in [0.29, 0.717) is 6.54 Å². The minimum absolute atomic E-state index is 0. The first-order chi connectivity index (χ1) is 9.27. The van der Waals surface area contributed by atoms with E-state index in [1.165, 1.54) is 31.2 Å². The van der Waals surface area contributed by atoms with Gasteiger partial charge < -0.3 is 11.1 Å². The Morgan fingerprint density at radius 1 is 1.10 bits per heavy atom. The predicted octanol–water partition coefficient (Wildman–Crippen LogP) is 2.78. The largest absolute Gasteiger partial charge is 0.354 e. The number of rotatable bonds is 4.